The zero-order chi connectivity index (χ0) is 16.4. The van der Waals surface area contributed by atoms with Crippen LogP contribution in [0.4, 0.5) is 0 Å². The van der Waals surface area contributed by atoms with Gasteiger partial charge in [0.05, 0.1) is 0 Å². The van der Waals surface area contributed by atoms with Gasteiger partial charge in [-0.15, -0.1) is 0 Å². The van der Waals surface area contributed by atoms with Crippen LogP contribution in [0, 0.1) is 20.8 Å². The summed E-state index contributed by atoms with van der Waals surface area (Å²) in [6.07, 6.45) is 0. The second-order valence-electron chi connectivity index (χ2n) is 5.94. The van der Waals surface area contributed by atoms with Crippen LogP contribution in [0.1, 0.15) is 27.0 Å². The number of rotatable bonds is 4. The van der Waals surface area contributed by atoms with Gasteiger partial charge in [-0.3, -0.25) is 4.79 Å². The van der Waals surface area contributed by atoms with E-state index in [1.54, 1.807) is 0 Å². The Morgan fingerprint density at radius 1 is 0.870 bits per heavy atom. The molecule has 3 rings (SSSR count). The first-order valence-electron chi connectivity index (χ1n) is 7.78. The van der Waals surface area contributed by atoms with Gasteiger partial charge in [0.25, 0.3) is 0 Å². The zero-order valence-electron chi connectivity index (χ0n) is 13.7. The molecule has 0 saturated carbocycles. The average Bonchev–Trinajstić information content (AvgIpc) is 2.56. The fourth-order valence-electron chi connectivity index (χ4n) is 2.80. The maximum absolute atomic E-state index is 12.5. The Morgan fingerprint density at radius 3 is 2.39 bits per heavy atom. The Hall–Kier alpha value is -2.61. The monoisotopic (exact) mass is 304 g/mol. The van der Waals surface area contributed by atoms with Gasteiger partial charge < -0.3 is 4.74 Å². The molecule has 0 aliphatic heterocycles. The van der Waals surface area contributed by atoms with Crippen molar-refractivity contribution in [2.45, 2.75) is 20.8 Å². The van der Waals surface area contributed by atoms with E-state index in [-0.39, 0.29) is 12.4 Å². The fraction of sp³-hybridized carbons (Fsp3) is 0.190. The number of carbonyl (C=O) groups is 1. The van der Waals surface area contributed by atoms with Gasteiger partial charge in [-0.2, -0.15) is 0 Å². The van der Waals surface area contributed by atoms with Gasteiger partial charge in [0.15, 0.2) is 12.4 Å². The van der Waals surface area contributed by atoms with Crippen LogP contribution >= 0.6 is 0 Å². The van der Waals surface area contributed by atoms with Gasteiger partial charge in [-0.05, 0) is 55.0 Å². The molecule has 0 aliphatic carbocycles. The van der Waals surface area contributed by atoms with Crippen LogP contribution in [0.3, 0.4) is 0 Å². The number of aryl methyl sites for hydroxylation is 3. The van der Waals surface area contributed by atoms with Crippen molar-refractivity contribution in [3.05, 3.63) is 76.9 Å². The van der Waals surface area contributed by atoms with Crippen LogP contribution in [0.2, 0.25) is 0 Å². The minimum absolute atomic E-state index is 0.0125. The molecule has 0 heterocycles. The minimum Gasteiger partial charge on any atom is -0.485 e. The predicted octanol–water partition coefficient (Wildman–Crippen LogP) is 5.03. The van der Waals surface area contributed by atoms with E-state index in [4.69, 9.17) is 4.74 Å². The molecule has 2 heteroatoms. The van der Waals surface area contributed by atoms with Crippen LogP contribution in [0.25, 0.3) is 10.8 Å². The van der Waals surface area contributed by atoms with Crippen LogP contribution in [0.5, 0.6) is 5.75 Å². The van der Waals surface area contributed by atoms with E-state index >= 15 is 0 Å². The van der Waals surface area contributed by atoms with Crippen molar-refractivity contribution in [1.82, 2.24) is 0 Å². The maximum Gasteiger partial charge on any atom is 0.200 e. The molecular formula is C21H20O2. The van der Waals surface area contributed by atoms with Crippen molar-refractivity contribution in [3.8, 4) is 5.75 Å². The van der Waals surface area contributed by atoms with Gasteiger partial charge in [0.2, 0.25) is 0 Å². The van der Waals surface area contributed by atoms with Crippen LogP contribution in [-0.2, 0) is 0 Å². The maximum atomic E-state index is 12.5. The zero-order valence-corrected chi connectivity index (χ0v) is 13.7. The normalized spacial score (nSPS) is 10.7. The molecule has 116 valence electrons. The largest absolute Gasteiger partial charge is 0.485 e. The summed E-state index contributed by atoms with van der Waals surface area (Å²) in [6, 6.07) is 17.9. The van der Waals surface area contributed by atoms with Gasteiger partial charge in [-0.1, -0.05) is 42.5 Å². The lowest BCUT2D eigenvalue weighted by molar-refractivity contribution is 0.0922. The highest BCUT2D eigenvalue weighted by Crippen LogP contribution is 2.25. The minimum atomic E-state index is 0.0125. The quantitative estimate of drug-likeness (QED) is 0.632. The number of benzene rings is 3. The molecule has 0 atom stereocenters. The van der Waals surface area contributed by atoms with Crippen LogP contribution in [-0.4, -0.2) is 12.4 Å². The lowest BCUT2D eigenvalue weighted by atomic mass is 9.98. The highest BCUT2D eigenvalue weighted by atomic mass is 16.5. The van der Waals surface area contributed by atoms with Gasteiger partial charge >= 0.3 is 0 Å². The number of hydrogen-bond acceptors (Lipinski definition) is 2. The second-order valence-corrected chi connectivity index (χ2v) is 5.94. The highest BCUT2D eigenvalue weighted by Gasteiger charge is 2.12. The van der Waals surface area contributed by atoms with Crippen LogP contribution < -0.4 is 4.74 Å². The van der Waals surface area contributed by atoms with Crippen LogP contribution in [0.15, 0.2) is 54.6 Å². The molecule has 23 heavy (non-hydrogen) atoms. The lowest BCUT2D eigenvalue weighted by Gasteiger charge is -2.11. The summed E-state index contributed by atoms with van der Waals surface area (Å²) in [7, 11) is 0. The van der Waals surface area contributed by atoms with Gasteiger partial charge in [0.1, 0.15) is 5.75 Å². The molecule has 0 amide bonds. The number of carbonyl (C=O) groups excluding carboxylic acids is 1. The van der Waals surface area contributed by atoms with Crippen molar-refractivity contribution in [2.75, 3.05) is 6.61 Å². The second kappa shape index (κ2) is 6.25. The molecule has 0 aromatic heterocycles. The molecule has 3 aromatic carbocycles. The van der Waals surface area contributed by atoms with Gasteiger partial charge in [0, 0.05) is 10.9 Å². The Bertz CT molecular complexity index is 873. The molecule has 0 N–H and O–H groups in total. The van der Waals surface area contributed by atoms with E-state index in [9.17, 15) is 4.79 Å². The summed E-state index contributed by atoms with van der Waals surface area (Å²) in [6.45, 7) is 6.11. The Labute approximate surface area is 136 Å². The average molecular weight is 304 g/mol. The third-order valence-electron chi connectivity index (χ3n) is 4.25. The van der Waals surface area contributed by atoms with E-state index in [0.717, 1.165) is 33.2 Å². The molecule has 0 spiro atoms. The fourth-order valence-corrected chi connectivity index (χ4v) is 2.80. The topological polar surface area (TPSA) is 26.3 Å². The molecule has 0 unspecified atom stereocenters. The SMILES string of the molecule is Cc1cc(C)c(C(=O)COc2cccc3ccccc23)cc1C. The van der Waals surface area contributed by atoms with E-state index < -0.39 is 0 Å². The number of hydrogen-bond donors (Lipinski definition) is 0. The molecule has 0 fully saturated rings. The Kier molecular flexibility index (Phi) is 4.16. The third kappa shape index (κ3) is 3.11. The summed E-state index contributed by atoms with van der Waals surface area (Å²) in [5.41, 5.74) is 4.08. The molecule has 0 radical (unpaired) electrons. The van der Waals surface area contributed by atoms with Crippen molar-refractivity contribution in [2.24, 2.45) is 0 Å². The summed E-state index contributed by atoms with van der Waals surface area (Å²) in [5.74, 6) is 0.761. The summed E-state index contributed by atoms with van der Waals surface area (Å²) < 4.78 is 5.81. The molecule has 0 saturated heterocycles. The molecule has 3 aromatic rings. The van der Waals surface area contributed by atoms with Crippen molar-refractivity contribution in [1.29, 1.82) is 0 Å². The smallest absolute Gasteiger partial charge is 0.200 e. The number of fused-ring (bicyclic) bond motifs is 1. The Balaban J connectivity index is 1.83. The highest BCUT2D eigenvalue weighted by molar-refractivity contribution is 5.99. The number of Topliss-reactive ketones (excluding diaryl/α,β-unsaturated/α-hetero) is 1. The first-order chi connectivity index (χ1) is 11.1. The summed E-state index contributed by atoms with van der Waals surface area (Å²) in [4.78, 5) is 12.5. The van der Waals surface area contributed by atoms with E-state index in [1.807, 2.05) is 62.4 Å². The first-order valence-corrected chi connectivity index (χ1v) is 7.78. The standard InChI is InChI=1S/C21H20O2/c1-14-11-16(3)19(12-15(14)2)20(22)13-23-21-10-6-8-17-7-4-5-9-18(17)21/h4-12H,13H2,1-3H3. The third-order valence-corrected chi connectivity index (χ3v) is 4.25. The molecular weight excluding hydrogens is 284 g/mol. The number of ether oxygens (including phenoxy) is 1. The Morgan fingerprint density at radius 2 is 1.57 bits per heavy atom. The van der Waals surface area contributed by atoms with Crippen molar-refractivity contribution in [3.63, 3.8) is 0 Å². The van der Waals surface area contributed by atoms with E-state index in [0.29, 0.717) is 0 Å². The number of ketones is 1. The predicted molar refractivity (Wildman–Crippen MR) is 94.4 cm³/mol. The molecule has 0 aliphatic rings. The summed E-state index contributed by atoms with van der Waals surface area (Å²) >= 11 is 0. The van der Waals surface area contributed by atoms with E-state index in [2.05, 4.69) is 13.0 Å². The summed E-state index contributed by atoms with van der Waals surface area (Å²) in [5, 5.41) is 2.14. The van der Waals surface area contributed by atoms with Crippen molar-refractivity contribution >= 4 is 16.6 Å². The molecule has 0 bridgehead atoms. The van der Waals surface area contributed by atoms with Gasteiger partial charge in [-0.25, -0.2) is 0 Å². The molecule has 2 nitrogen and oxygen atoms in total. The van der Waals surface area contributed by atoms with E-state index in [1.165, 1.54) is 5.56 Å². The lowest BCUT2D eigenvalue weighted by Crippen LogP contribution is -2.13. The van der Waals surface area contributed by atoms with Crippen molar-refractivity contribution < 1.29 is 9.53 Å². The first kappa shape index (κ1) is 15.3.